The number of nitrogens with zero attached hydrogens (tertiary/aromatic N) is 2. The highest BCUT2D eigenvalue weighted by atomic mass is 35.5. The van der Waals surface area contributed by atoms with Gasteiger partial charge in [0.1, 0.15) is 23.2 Å². The minimum absolute atomic E-state index is 0.0176. The molecule has 17 heteroatoms. The lowest BCUT2D eigenvalue weighted by molar-refractivity contribution is -0.143. The summed E-state index contributed by atoms with van der Waals surface area (Å²) in [5.41, 5.74) is 13.3. The molecule has 0 fully saturated rings. The van der Waals surface area contributed by atoms with Gasteiger partial charge in [0, 0.05) is 50.7 Å². The lowest BCUT2D eigenvalue weighted by Crippen LogP contribution is -2.58. The van der Waals surface area contributed by atoms with Crippen LogP contribution in [0.4, 0.5) is 13.2 Å². The van der Waals surface area contributed by atoms with Crippen LogP contribution in [0.3, 0.4) is 0 Å². The van der Waals surface area contributed by atoms with Crippen LogP contribution < -0.4 is 27.4 Å². The largest absolute Gasteiger partial charge is 0.416 e. The average molecular weight is 790 g/mol. The van der Waals surface area contributed by atoms with Gasteiger partial charge in [-0.1, -0.05) is 59.8 Å². The summed E-state index contributed by atoms with van der Waals surface area (Å²) in [5.74, 6) is -1.98. The lowest BCUT2D eigenvalue weighted by Gasteiger charge is -2.32. The fraction of sp³-hybridized carbons (Fsp3) is 0.405. The van der Waals surface area contributed by atoms with Gasteiger partial charge in [0.05, 0.1) is 37.0 Å². The van der Waals surface area contributed by atoms with E-state index in [2.05, 4.69) is 20.9 Å². The van der Waals surface area contributed by atoms with Gasteiger partial charge in [0.2, 0.25) is 17.7 Å². The maximum Gasteiger partial charge on any atom is 0.416 e. The van der Waals surface area contributed by atoms with E-state index in [0.29, 0.717) is 17.0 Å². The number of rotatable bonds is 10. The molecule has 3 amide bonds. The first kappa shape index (κ1) is 41.1. The third-order valence-electron chi connectivity index (χ3n) is 9.03. The van der Waals surface area contributed by atoms with Crippen molar-refractivity contribution in [1.82, 2.24) is 25.8 Å². The summed E-state index contributed by atoms with van der Waals surface area (Å²) in [5, 5.41) is 8.91. The summed E-state index contributed by atoms with van der Waals surface area (Å²) < 4.78 is 55.0. The second-order valence-corrected chi connectivity index (χ2v) is 14.1. The van der Waals surface area contributed by atoms with Gasteiger partial charge in [0.25, 0.3) is 0 Å². The standard InChI is InChI=1S/C37H43ClF3N7O5S/c1-48-31(17-23-9-8-22-5-2-3-7-25(22)23)34(50)46-19-26-27(37(39,40)41)10-11-28(38)32(26)54-35-24(6-4-14-44-35)18-45-29(20-52-15-12-42)33(49)47-30(36(48)51)21-53-16-13-43/h2-7,9-11,14,29-31,45H,8,12-13,15-21,42-43H2,1H3,(H,46,50)(H,47,49)/t29-,30-,31-/m0/s1. The highest BCUT2D eigenvalue weighted by Gasteiger charge is 2.38. The topological polar surface area (TPSA) is 174 Å². The van der Waals surface area contributed by atoms with Crippen LogP contribution in [0, 0.1) is 0 Å². The zero-order chi connectivity index (χ0) is 38.8. The van der Waals surface area contributed by atoms with E-state index in [0.717, 1.165) is 40.6 Å². The molecular weight excluding hydrogens is 747 g/mol. The smallest absolute Gasteiger partial charge is 0.378 e. The number of halogens is 4. The van der Waals surface area contributed by atoms with Gasteiger partial charge >= 0.3 is 6.18 Å². The molecule has 290 valence electrons. The Bertz CT molecular complexity index is 1850. The molecule has 0 saturated heterocycles. The van der Waals surface area contributed by atoms with Crippen molar-refractivity contribution in [2.75, 3.05) is 46.6 Å². The third kappa shape index (κ3) is 10.2. The Morgan fingerprint density at radius 3 is 2.37 bits per heavy atom. The van der Waals surface area contributed by atoms with Crippen molar-refractivity contribution < 1.29 is 37.0 Å². The molecule has 54 heavy (non-hydrogen) atoms. The van der Waals surface area contributed by atoms with Gasteiger partial charge in [-0.2, -0.15) is 13.2 Å². The van der Waals surface area contributed by atoms with Crippen molar-refractivity contribution in [2.45, 2.75) is 60.2 Å². The number of alkyl halides is 3. The molecule has 7 N–H and O–H groups in total. The SMILES string of the molecule is CN1C(=O)[C@H](COCCN)NC(=O)[C@H](COCCN)NCc2cccnc2Sc2c(Cl)ccc(C(F)(F)F)c2CNC(=O)[C@@H]1CC1=CCc2ccccc21. The number of hydrogen-bond acceptors (Lipinski definition) is 10. The van der Waals surface area contributed by atoms with Crippen LogP contribution in [-0.2, 0) is 49.5 Å². The number of fused-ring (bicyclic) bond motifs is 3. The molecule has 3 atom stereocenters. The summed E-state index contributed by atoms with van der Waals surface area (Å²) in [6.07, 6.45) is -0.709. The quantitative estimate of drug-likeness (QED) is 0.192. The van der Waals surface area contributed by atoms with Crippen molar-refractivity contribution in [1.29, 1.82) is 0 Å². The molecule has 2 heterocycles. The molecule has 0 radical (unpaired) electrons. The van der Waals surface area contributed by atoms with E-state index < -0.39 is 54.1 Å². The normalized spacial score (nSPS) is 20.0. The Morgan fingerprint density at radius 1 is 0.944 bits per heavy atom. The molecule has 0 unspecified atom stereocenters. The molecule has 0 spiro atoms. The molecule has 12 nitrogen and oxygen atoms in total. The molecule has 3 aromatic rings. The second kappa shape index (κ2) is 19.0. The van der Waals surface area contributed by atoms with Crippen LogP contribution in [0.5, 0.6) is 0 Å². The Hall–Kier alpha value is -4.03. The highest BCUT2D eigenvalue weighted by molar-refractivity contribution is 7.99. The fourth-order valence-corrected chi connectivity index (χ4v) is 7.57. The van der Waals surface area contributed by atoms with Gasteiger partial charge in [0.15, 0.2) is 0 Å². The number of nitrogens with one attached hydrogen (secondary N) is 3. The van der Waals surface area contributed by atoms with Gasteiger partial charge in [-0.25, -0.2) is 4.98 Å². The number of benzene rings is 2. The minimum atomic E-state index is -4.79. The van der Waals surface area contributed by atoms with Crippen molar-refractivity contribution in [3.63, 3.8) is 0 Å². The molecule has 1 aliphatic heterocycles. The first-order valence-electron chi connectivity index (χ1n) is 17.3. The molecule has 5 rings (SSSR count). The van der Waals surface area contributed by atoms with E-state index in [-0.39, 0.29) is 68.0 Å². The Kier molecular flexibility index (Phi) is 14.5. The number of aromatic nitrogens is 1. The van der Waals surface area contributed by atoms with E-state index in [9.17, 15) is 27.6 Å². The molecule has 2 aromatic carbocycles. The second-order valence-electron chi connectivity index (χ2n) is 12.7. The van der Waals surface area contributed by atoms with Gasteiger partial charge < -0.3 is 36.5 Å². The van der Waals surface area contributed by atoms with Crippen molar-refractivity contribution >= 4 is 46.7 Å². The maximum absolute atomic E-state index is 14.6. The molecule has 1 aromatic heterocycles. The van der Waals surface area contributed by atoms with Crippen LogP contribution in [-0.4, -0.2) is 92.3 Å². The summed E-state index contributed by atoms with van der Waals surface area (Å²) in [6.45, 7) is -0.353. The first-order valence-corrected chi connectivity index (χ1v) is 18.5. The molecule has 1 aliphatic carbocycles. The molecule has 2 aliphatic rings. The summed E-state index contributed by atoms with van der Waals surface area (Å²) in [7, 11) is 1.41. The predicted molar refractivity (Wildman–Crippen MR) is 198 cm³/mol. The Balaban J connectivity index is 1.61. The number of hydrogen-bond donors (Lipinski definition) is 5. The third-order valence-corrected chi connectivity index (χ3v) is 10.7. The summed E-state index contributed by atoms with van der Waals surface area (Å²) >= 11 is 7.51. The predicted octanol–water partition coefficient (Wildman–Crippen LogP) is 3.29. The lowest BCUT2D eigenvalue weighted by atomic mass is 9.98. The van der Waals surface area contributed by atoms with E-state index in [1.165, 1.54) is 18.1 Å². The fourth-order valence-electron chi connectivity index (χ4n) is 6.23. The van der Waals surface area contributed by atoms with Gasteiger partial charge in [-0.3, -0.25) is 19.7 Å². The zero-order valence-electron chi connectivity index (χ0n) is 29.6. The number of nitrogens with two attached hydrogens (primary N) is 2. The van der Waals surface area contributed by atoms with Crippen molar-refractivity contribution in [3.05, 3.63) is 93.6 Å². The number of carbonyl (C=O) groups excluding carboxylic acids is 3. The minimum Gasteiger partial charge on any atom is -0.378 e. The number of allylic oxidation sites excluding steroid dienone is 1. The van der Waals surface area contributed by atoms with E-state index in [4.69, 9.17) is 32.5 Å². The Labute approximate surface area is 320 Å². The van der Waals surface area contributed by atoms with Gasteiger partial charge in [-0.15, -0.1) is 0 Å². The number of likely N-dealkylation sites (N-methyl/N-ethyl adjacent to an activating group) is 1. The Morgan fingerprint density at radius 2 is 1.65 bits per heavy atom. The van der Waals surface area contributed by atoms with Gasteiger partial charge in [-0.05, 0) is 52.4 Å². The van der Waals surface area contributed by atoms with Crippen LogP contribution >= 0.6 is 23.4 Å². The van der Waals surface area contributed by atoms with E-state index >= 15 is 0 Å². The number of amides is 3. The molecule has 0 saturated carbocycles. The molecular formula is C37H43ClF3N7O5S. The van der Waals surface area contributed by atoms with Crippen LogP contribution in [0.1, 0.15) is 34.2 Å². The van der Waals surface area contributed by atoms with E-state index in [1.807, 2.05) is 30.3 Å². The zero-order valence-corrected chi connectivity index (χ0v) is 31.2. The van der Waals surface area contributed by atoms with Crippen molar-refractivity contribution in [2.24, 2.45) is 11.5 Å². The van der Waals surface area contributed by atoms with E-state index in [1.54, 1.807) is 12.1 Å². The van der Waals surface area contributed by atoms with Crippen LogP contribution in [0.25, 0.3) is 5.57 Å². The first-order chi connectivity index (χ1) is 25.9. The monoisotopic (exact) mass is 789 g/mol. The maximum atomic E-state index is 14.6. The van der Waals surface area contributed by atoms with Crippen molar-refractivity contribution in [3.8, 4) is 0 Å². The number of pyridine rings is 1. The summed E-state index contributed by atoms with van der Waals surface area (Å²) in [4.78, 5) is 48.1. The molecule has 0 bridgehead atoms. The number of ether oxygens (including phenoxy) is 2. The van der Waals surface area contributed by atoms with Crippen LogP contribution in [0.15, 0.2) is 70.7 Å². The highest BCUT2D eigenvalue weighted by Crippen LogP contribution is 2.43. The average Bonchev–Trinajstić information content (AvgIpc) is 3.56. The summed E-state index contributed by atoms with van der Waals surface area (Å²) in [6, 6.07) is 9.51. The van der Waals surface area contributed by atoms with Crippen LogP contribution in [0.2, 0.25) is 5.02 Å². The number of carbonyl (C=O) groups is 3.